The van der Waals surface area contributed by atoms with Crippen molar-refractivity contribution in [3.63, 3.8) is 0 Å². The van der Waals surface area contributed by atoms with Crippen molar-refractivity contribution in [2.45, 2.75) is 20.5 Å². The van der Waals surface area contributed by atoms with Crippen LogP contribution in [0.3, 0.4) is 0 Å². The number of aliphatic imine (C=N–C) groups is 1. The number of halogens is 4. The van der Waals surface area contributed by atoms with Crippen molar-refractivity contribution in [3.05, 3.63) is 95.5 Å². The van der Waals surface area contributed by atoms with Crippen LogP contribution in [0.2, 0.25) is 5.02 Å². The van der Waals surface area contributed by atoms with Crippen molar-refractivity contribution in [1.29, 1.82) is 0 Å². The van der Waals surface area contributed by atoms with Crippen LogP contribution in [0.25, 0.3) is 6.08 Å². The summed E-state index contributed by atoms with van der Waals surface area (Å²) >= 11 is 14.7. The first-order valence-corrected chi connectivity index (χ1v) is 12.9. The lowest BCUT2D eigenvalue weighted by Gasteiger charge is -2.12. The van der Waals surface area contributed by atoms with Gasteiger partial charge in [-0.3, -0.25) is 4.79 Å². The quantitative estimate of drug-likeness (QED) is 0.292. The van der Waals surface area contributed by atoms with E-state index in [1.807, 2.05) is 26.0 Å². The van der Waals surface area contributed by atoms with Crippen LogP contribution in [0.5, 0.6) is 5.75 Å². The highest BCUT2D eigenvalue weighted by Gasteiger charge is 2.24. The van der Waals surface area contributed by atoms with Gasteiger partial charge in [-0.2, -0.15) is 0 Å². The molecule has 9 heteroatoms. The number of carbonyl (C=O) groups excluding carboxylic acids is 1. The first-order chi connectivity index (χ1) is 16.2. The highest BCUT2D eigenvalue weighted by atomic mass is 79.9. The van der Waals surface area contributed by atoms with Crippen molar-refractivity contribution in [1.82, 2.24) is 5.32 Å². The molecule has 0 bridgehead atoms. The first kappa shape index (κ1) is 25.0. The van der Waals surface area contributed by atoms with Gasteiger partial charge >= 0.3 is 0 Å². The number of ether oxygens (including phenoxy) is 1. The zero-order valence-corrected chi connectivity index (χ0v) is 22.8. The van der Waals surface area contributed by atoms with Crippen molar-refractivity contribution in [3.8, 4) is 5.75 Å². The van der Waals surface area contributed by atoms with E-state index in [0.717, 1.165) is 21.3 Å². The normalized spacial score (nSPS) is 15.8. The van der Waals surface area contributed by atoms with Crippen LogP contribution >= 0.6 is 55.2 Å². The summed E-state index contributed by atoms with van der Waals surface area (Å²) in [5.41, 5.74) is 4.05. The molecular formula is C25H18Br2ClFN2O2S. The third-order valence-electron chi connectivity index (χ3n) is 4.95. The number of rotatable bonds is 5. The number of benzene rings is 3. The molecule has 3 aromatic carbocycles. The Bertz CT molecular complexity index is 1310. The van der Waals surface area contributed by atoms with Crippen LogP contribution < -0.4 is 10.1 Å². The molecule has 1 aliphatic heterocycles. The van der Waals surface area contributed by atoms with Gasteiger partial charge in [0.25, 0.3) is 5.91 Å². The van der Waals surface area contributed by atoms with E-state index in [4.69, 9.17) is 16.3 Å². The summed E-state index contributed by atoms with van der Waals surface area (Å²) in [6.07, 6.45) is 1.73. The number of amides is 1. The molecule has 34 heavy (non-hydrogen) atoms. The Kier molecular flexibility index (Phi) is 7.82. The molecule has 0 unspecified atom stereocenters. The van der Waals surface area contributed by atoms with E-state index in [0.29, 0.717) is 36.4 Å². The number of carbonyl (C=O) groups is 1. The highest BCUT2D eigenvalue weighted by Crippen LogP contribution is 2.37. The predicted octanol–water partition coefficient (Wildman–Crippen LogP) is 8.09. The molecule has 0 atom stereocenters. The molecule has 0 aromatic heterocycles. The third kappa shape index (κ3) is 5.74. The zero-order chi connectivity index (χ0) is 24.4. The number of nitrogens with zero attached hydrogens (tertiary/aromatic N) is 1. The predicted molar refractivity (Wildman–Crippen MR) is 144 cm³/mol. The first-order valence-electron chi connectivity index (χ1n) is 10.1. The van der Waals surface area contributed by atoms with Gasteiger partial charge in [0.05, 0.1) is 20.1 Å². The number of nitrogens with one attached hydrogen (secondary N) is 1. The second-order valence-corrected chi connectivity index (χ2v) is 10.7. The van der Waals surface area contributed by atoms with E-state index in [9.17, 15) is 9.18 Å². The van der Waals surface area contributed by atoms with E-state index in [2.05, 4.69) is 42.2 Å². The molecule has 1 aliphatic rings. The summed E-state index contributed by atoms with van der Waals surface area (Å²) in [6, 6.07) is 13.8. The average molecular weight is 625 g/mol. The third-order valence-corrected chi connectivity index (χ3v) is 7.98. The lowest BCUT2D eigenvalue weighted by Crippen LogP contribution is -2.19. The number of hydrogen-bond donors (Lipinski definition) is 1. The summed E-state index contributed by atoms with van der Waals surface area (Å²) in [5, 5.41) is 3.65. The molecule has 0 radical (unpaired) electrons. The molecule has 1 amide bonds. The summed E-state index contributed by atoms with van der Waals surface area (Å²) in [6.45, 7) is 4.04. The molecule has 0 aliphatic carbocycles. The van der Waals surface area contributed by atoms with Crippen LogP contribution in [0.4, 0.5) is 10.1 Å². The van der Waals surface area contributed by atoms with Gasteiger partial charge in [-0.1, -0.05) is 45.7 Å². The van der Waals surface area contributed by atoms with Crippen molar-refractivity contribution >= 4 is 78.1 Å². The Hall–Kier alpha value is -2.13. The fourth-order valence-electron chi connectivity index (χ4n) is 3.30. The molecular weight excluding hydrogens is 607 g/mol. The molecule has 0 saturated carbocycles. The topological polar surface area (TPSA) is 50.7 Å². The van der Waals surface area contributed by atoms with E-state index >= 15 is 0 Å². The molecule has 1 heterocycles. The summed E-state index contributed by atoms with van der Waals surface area (Å²) in [5.74, 6) is -0.174. The largest absolute Gasteiger partial charge is 0.486 e. The smallest absolute Gasteiger partial charge is 0.264 e. The van der Waals surface area contributed by atoms with Gasteiger partial charge in [-0.15, -0.1) is 0 Å². The standard InChI is InChI=1S/C25H18Br2ClFN2O2S/c1-13-7-17(8-14(2)22(13)27)30-25-31-24(32)21(34-25)11-15-9-18(26)23(19(28)10-15)33-12-16-5-3-4-6-20(16)29/h3-11H,12H2,1-2H3,(H,30,31,32)/b21-11-. The Morgan fingerprint density at radius 3 is 2.53 bits per heavy atom. The van der Waals surface area contributed by atoms with Gasteiger partial charge in [-0.25, -0.2) is 9.38 Å². The highest BCUT2D eigenvalue weighted by molar-refractivity contribution is 9.10. The van der Waals surface area contributed by atoms with E-state index in [1.165, 1.54) is 17.8 Å². The average Bonchev–Trinajstić information content (AvgIpc) is 3.11. The molecule has 4 rings (SSSR count). The van der Waals surface area contributed by atoms with Gasteiger partial charge in [0, 0.05) is 10.0 Å². The fraction of sp³-hybridized carbons (Fsp3) is 0.120. The fourth-order valence-corrected chi connectivity index (χ4v) is 5.36. The molecule has 3 aromatic rings. The molecule has 4 nitrogen and oxygen atoms in total. The minimum atomic E-state index is -0.341. The van der Waals surface area contributed by atoms with Gasteiger partial charge in [-0.05, 0) is 94.6 Å². The van der Waals surface area contributed by atoms with Crippen LogP contribution in [0, 0.1) is 19.7 Å². The summed E-state index contributed by atoms with van der Waals surface area (Å²) < 4.78 is 21.3. The lowest BCUT2D eigenvalue weighted by molar-refractivity contribution is -0.115. The van der Waals surface area contributed by atoms with Crippen LogP contribution in [0.15, 0.2) is 67.4 Å². The Labute approximate surface area is 222 Å². The summed E-state index contributed by atoms with van der Waals surface area (Å²) in [7, 11) is 0. The monoisotopic (exact) mass is 622 g/mol. The molecule has 0 spiro atoms. The van der Waals surface area contributed by atoms with E-state index in [1.54, 1.807) is 36.4 Å². The van der Waals surface area contributed by atoms with Crippen molar-refractivity contribution in [2.24, 2.45) is 4.99 Å². The maximum absolute atomic E-state index is 13.9. The maximum Gasteiger partial charge on any atom is 0.264 e. The SMILES string of the molecule is Cc1cc(N=C2NC(=O)/C(=C/c3cc(Cl)c(OCc4ccccc4F)c(Br)c3)S2)cc(C)c1Br. The minimum Gasteiger partial charge on any atom is -0.486 e. The second-order valence-electron chi connectivity index (χ2n) is 7.57. The van der Waals surface area contributed by atoms with Crippen LogP contribution in [0.1, 0.15) is 22.3 Å². The zero-order valence-electron chi connectivity index (χ0n) is 18.1. The van der Waals surface area contributed by atoms with Gasteiger partial charge in [0.1, 0.15) is 12.4 Å². The lowest BCUT2D eigenvalue weighted by atomic mass is 10.1. The molecule has 1 fully saturated rings. The maximum atomic E-state index is 13.9. The Morgan fingerprint density at radius 1 is 1.15 bits per heavy atom. The molecule has 1 saturated heterocycles. The minimum absolute atomic E-state index is 0.0402. The Balaban J connectivity index is 1.52. The second kappa shape index (κ2) is 10.6. The van der Waals surface area contributed by atoms with Crippen LogP contribution in [-0.4, -0.2) is 11.1 Å². The van der Waals surface area contributed by atoms with E-state index < -0.39 is 0 Å². The van der Waals surface area contributed by atoms with Crippen LogP contribution in [-0.2, 0) is 11.4 Å². The number of hydrogen-bond acceptors (Lipinski definition) is 4. The Morgan fingerprint density at radius 2 is 1.85 bits per heavy atom. The number of aryl methyl sites for hydroxylation is 2. The van der Waals surface area contributed by atoms with Gasteiger partial charge in [0.15, 0.2) is 10.9 Å². The van der Waals surface area contributed by atoms with Crippen molar-refractivity contribution in [2.75, 3.05) is 0 Å². The van der Waals surface area contributed by atoms with Crippen molar-refractivity contribution < 1.29 is 13.9 Å². The molecule has 1 N–H and O–H groups in total. The summed E-state index contributed by atoms with van der Waals surface area (Å²) in [4.78, 5) is 17.6. The van der Waals surface area contributed by atoms with Gasteiger partial charge < -0.3 is 10.1 Å². The van der Waals surface area contributed by atoms with E-state index in [-0.39, 0.29) is 18.3 Å². The van der Waals surface area contributed by atoms with Gasteiger partial charge in [0.2, 0.25) is 0 Å². The molecule has 174 valence electrons. The number of amidine groups is 1. The number of thioether (sulfide) groups is 1.